The predicted molar refractivity (Wildman–Crippen MR) is 70.6 cm³/mol. The lowest BCUT2D eigenvalue weighted by Crippen LogP contribution is -2.05. The summed E-state index contributed by atoms with van der Waals surface area (Å²) >= 11 is 1.25. The van der Waals surface area contributed by atoms with E-state index in [1.165, 1.54) is 18.0 Å². The molecule has 0 bridgehead atoms. The summed E-state index contributed by atoms with van der Waals surface area (Å²) < 4.78 is 26.2. The summed E-state index contributed by atoms with van der Waals surface area (Å²) in [5.41, 5.74) is 0.367. The van der Waals surface area contributed by atoms with Gasteiger partial charge in [-0.3, -0.25) is 0 Å². The summed E-state index contributed by atoms with van der Waals surface area (Å²) in [4.78, 5) is 15.4. The first-order valence-corrected chi connectivity index (χ1v) is 8.57. The molecule has 8 heteroatoms. The van der Waals surface area contributed by atoms with Crippen LogP contribution in [0.2, 0.25) is 0 Å². The molecular weight excluding hydrogens is 298 g/mol. The Bertz CT molecular complexity index is 501. The summed E-state index contributed by atoms with van der Waals surface area (Å²) in [6, 6.07) is 3.22. The highest BCUT2D eigenvalue weighted by atomic mass is 35.7. The molecule has 0 spiro atoms. The van der Waals surface area contributed by atoms with E-state index in [9.17, 15) is 13.2 Å². The molecule has 0 N–H and O–H groups in total. The lowest BCUT2D eigenvalue weighted by molar-refractivity contribution is 0.0525. The number of pyridine rings is 1. The lowest BCUT2D eigenvalue weighted by Gasteiger charge is -2.02. The van der Waals surface area contributed by atoms with Crippen LogP contribution >= 0.6 is 22.4 Å². The molecule has 1 rings (SSSR count). The minimum Gasteiger partial charge on any atom is -0.462 e. The summed E-state index contributed by atoms with van der Waals surface area (Å²) in [5.74, 6) is -0.233. The molecule has 0 atom stereocenters. The standard InChI is InChI=1S/C10H12ClNO4S2/c1-2-16-10(13)8-3-4-9(12-7-8)17-5-6-18(11,14)15/h3-4,7H,2,5-6H2,1H3. The first kappa shape index (κ1) is 15.3. The molecule has 100 valence electrons. The molecule has 1 heterocycles. The van der Waals surface area contributed by atoms with Gasteiger partial charge in [0.25, 0.3) is 0 Å². The van der Waals surface area contributed by atoms with Crippen LogP contribution in [-0.4, -0.2) is 37.5 Å². The predicted octanol–water partition coefficient (Wildman–Crippen LogP) is 1.92. The zero-order chi connectivity index (χ0) is 13.6. The first-order chi connectivity index (χ1) is 8.42. The number of carbonyl (C=O) groups is 1. The number of hydrogen-bond acceptors (Lipinski definition) is 6. The fourth-order valence-corrected chi connectivity index (χ4v) is 3.24. The minimum atomic E-state index is -3.47. The zero-order valence-corrected chi connectivity index (χ0v) is 12.0. The lowest BCUT2D eigenvalue weighted by atomic mass is 10.3. The molecule has 0 saturated carbocycles. The Morgan fingerprint density at radius 3 is 2.72 bits per heavy atom. The number of rotatable bonds is 6. The Labute approximate surface area is 114 Å². The molecule has 0 amide bonds. The van der Waals surface area contributed by atoms with Crippen molar-refractivity contribution in [3.05, 3.63) is 23.9 Å². The molecule has 0 aromatic carbocycles. The van der Waals surface area contributed by atoms with E-state index in [4.69, 9.17) is 15.4 Å². The van der Waals surface area contributed by atoms with Gasteiger partial charge in [-0.15, -0.1) is 11.8 Å². The molecule has 0 fully saturated rings. The second-order valence-corrected chi connectivity index (χ2v) is 7.21. The van der Waals surface area contributed by atoms with Crippen LogP contribution in [0.15, 0.2) is 23.4 Å². The molecule has 5 nitrogen and oxygen atoms in total. The fraction of sp³-hybridized carbons (Fsp3) is 0.400. The molecule has 0 aliphatic heterocycles. The third kappa shape index (κ3) is 5.70. The fourth-order valence-electron chi connectivity index (χ4n) is 1.05. The molecule has 0 aliphatic rings. The van der Waals surface area contributed by atoms with E-state index >= 15 is 0 Å². The van der Waals surface area contributed by atoms with Crippen molar-refractivity contribution in [3.63, 3.8) is 0 Å². The van der Waals surface area contributed by atoms with E-state index in [0.29, 0.717) is 22.9 Å². The van der Waals surface area contributed by atoms with Gasteiger partial charge in [-0.25, -0.2) is 18.2 Å². The van der Waals surface area contributed by atoms with Gasteiger partial charge in [0.15, 0.2) is 0 Å². The van der Waals surface area contributed by atoms with Crippen LogP contribution in [0.1, 0.15) is 17.3 Å². The monoisotopic (exact) mass is 309 g/mol. The second-order valence-electron chi connectivity index (χ2n) is 3.20. The Kier molecular flexibility index (Phi) is 5.90. The average molecular weight is 310 g/mol. The van der Waals surface area contributed by atoms with Gasteiger partial charge in [0.2, 0.25) is 9.05 Å². The van der Waals surface area contributed by atoms with Gasteiger partial charge in [-0.05, 0) is 19.1 Å². The Morgan fingerprint density at radius 1 is 1.50 bits per heavy atom. The first-order valence-electron chi connectivity index (χ1n) is 5.10. The van der Waals surface area contributed by atoms with E-state index in [1.807, 2.05) is 0 Å². The Balaban J connectivity index is 2.53. The van der Waals surface area contributed by atoms with E-state index in [-0.39, 0.29) is 5.75 Å². The molecule has 1 aromatic heterocycles. The third-order valence-corrected chi connectivity index (χ3v) is 4.18. The maximum Gasteiger partial charge on any atom is 0.339 e. The van der Waals surface area contributed by atoms with E-state index in [2.05, 4.69) is 4.98 Å². The minimum absolute atomic E-state index is 0.124. The average Bonchev–Trinajstić information content (AvgIpc) is 2.28. The highest BCUT2D eigenvalue weighted by Gasteiger charge is 2.08. The van der Waals surface area contributed by atoms with Crippen molar-refractivity contribution in [3.8, 4) is 0 Å². The van der Waals surface area contributed by atoms with Crippen LogP contribution < -0.4 is 0 Å². The van der Waals surface area contributed by atoms with Gasteiger partial charge in [-0.2, -0.15) is 0 Å². The highest BCUT2D eigenvalue weighted by molar-refractivity contribution is 8.14. The molecule has 0 saturated heterocycles. The molecule has 0 radical (unpaired) electrons. The Hall–Kier alpha value is -0.790. The van der Waals surface area contributed by atoms with E-state index in [1.54, 1.807) is 19.1 Å². The van der Waals surface area contributed by atoms with Crippen LogP contribution in [0.5, 0.6) is 0 Å². The van der Waals surface area contributed by atoms with Gasteiger partial charge in [0.1, 0.15) is 0 Å². The van der Waals surface area contributed by atoms with Gasteiger partial charge in [-0.1, -0.05) is 0 Å². The van der Waals surface area contributed by atoms with Crippen molar-refractivity contribution in [2.24, 2.45) is 0 Å². The molecule has 1 aromatic rings. The van der Waals surface area contributed by atoms with E-state index < -0.39 is 15.0 Å². The summed E-state index contributed by atoms with van der Waals surface area (Å²) in [6.45, 7) is 2.03. The van der Waals surface area contributed by atoms with Crippen molar-refractivity contribution in [2.75, 3.05) is 18.1 Å². The molecular formula is C10H12ClNO4S2. The van der Waals surface area contributed by atoms with Crippen molar-refractivity contribution >= 4 is 37.5 Å². The van der Waals surface area contributed by atoms with Crippen LogP contribution in [0.25, 0.3) is 0 Å². The number of carbonyl (C=O) groups excluding carboxylic acids is 1. The van der Waals surface area contributed by atoms with Gasteiger partial charge in [0, 0.05) is 22.6 Å². The molecule has 0 aliphatic carbocycles. The summed E-state index contributed by atoms with van der Waals surface area (Å²) in [5, 5.41) is 0.628. The van der Waals surface area contributed by atoms with Crippen molar-refractivity contribution in [1.29, 1.82) is 0 Å². The number of esters is 1. The van der Waals surface area contributed by atoms with Gasteiger partial charge in [0.05, 0.1) is 22.9 Å². The normalized spacial score (nSPS) is 11.2. The number of hydrogen-bond donors (Lipinski definition) is 0. The topological polar surface area (TPSA) is 73.3 Å². The smallest absolute Gasteiger partial charge is 0.339 e. The second kappa shape index (κ2) is 6.96. The summed E-state index contributed by atoms with van der Waals surface area (Å²) in [6.07, 6.45) is 1.40. The number of halogens is 1. The largest absolute Gasteiger partial charge is 0.462 e. The SMILES string of the molecule is CCOC(=O)c1ccc(SCCS(=O)(=O)Cl)nc1. The van der Waals surface area contributed by atoms with Gasteiger partial charge >= 0.3 is 5.97 Å². The Morgan fingerprint density at radius 2 is 2.22 bits per heavy atom. The maximum atomic E-state index is 11.3. The highest BCUT2D eigenvalue weighted by Crippen LogP contribution is 2.16. The maximum absolute atomic E-state index is 11.3. The number of nitrogens with zero attached hydrogens (tertiary/aromatic N) is 1. The van der Waals surface area contributed by atoms with E-state index in [0.717, 1.165) is 0 Å². The van der Waals surface area contributed by atoms with Gasteiger partial charge < -0.3 is 4.74 Å². The van der Waals surface area contributed by atoms with Crippen LogP contribution in [0.3, 0.4) is 0 Å². The number of thioether (sulfide) groups is 1. The zero-order valence-electron chi connectivity index (χ0n) is 9.63. The van der Waals surface area contributed by atoms with Crippen LogP contribution in [0, 0.1) is 0 Å². The quantitative estimate of drug-likeness (QED) is 0.454. The van der Waals surface area contributed by atoms with Crippen molar-refractivity contribution in [2.45, 2.75) is 11.9 Å². The van der Waals surface area contributed by atoms with Crippen LogP contribution in [-0.2, 0) is 13.8 Å². The molecule has 18 heavy (non-hydrogen) atoms. The number of ether oxygens (including phenoxy) is 1. The van der Waals surface area contributed by atoms with Crippen molar-refractivity contribution < 1.29 is 17.9 Å². The summed E-state index contributed by atoms with van der Waals surface area (Å²) in [7, 11) is 1.60. The third-order valence-electron chi connectivity index (χ3n) is 1.82. The van der Waals surface area contributed by atoms with Crippen molar-refractivity contribution in [1.82, 2.24) is 4.98 Å². The van der Waals surface area contributed by atoms with Crippen LogP contribution in [0.4, 0.5) is 0 Å². The molecule has 0 unspecified atom stereocenters. The number of aromatic nitrogens is 1.